The molecule has 1 amide bonds. The zero-order chi connectivity index (χ0) is 10.4. The smallest absolute Gasteiger partial charge is 0.267 e. The van der Waals surface area contributed by atoms with Crippen molar-refractivity contribution < 1.29 is 4.79 Å². The van der Waals surface area contributed by atoms with Crippen molar-refractivity contribution >= 4 is 40.6 Å². The molecule has 78 valence electrons. The molecular formula is C7H9Cl2N3OS. The Morgan fingerprint density at radius 1 is 1.43 bits per heavy atom. The molecule has 0 radical (unpaired) electrons. The first-order chi connectivity index (χ1) is 6.79. The van der Waals surface area contributed by atoms with Crippen LogP contribution in [0.2, 0.25) is 0 Å². The van der Waals surface area contributed by atoms with E-state index in [1.54, 1.807) is 4.90 Å². The maximum atomic E-state index is 11.7. The van der Waals surface area contributed by atoms with Crippen LogP contribution in [0.25, 0.3) is 0 Å². The summed E-state index contributed by atoms with van der Waals surface area (Å²) in [6.45, 7) is 0.982. The van der Waals surface area contributed by atoms with Gasteiger partial charge in [0.05, 0.1) is 6.20 Å². The Labute approximate surface area is 96.0 Å². The molecular weight excluding hydrogens is 245 g/mol. The summed E-state index contributed by atoms with van der Waals surface area (Å²) in [4.78, 5) is 13.8. The number of carbonyl (C=O) groups excluding carboxylic acids is 1. The Kier molecular flexibility index (Phi) is 5.14. The van der Waals surface area contributed by atoms with Crippen LogP contribution in [0.3, 0.4) is 0 Å². The number of amides is 1. The number of nitrogens with zero attached hydrogens (tertiary/aromatic N) is 3. The number of carbonyl (C=O) groups is 1. The highest BCUT2D eigenvalue weighted by molar-refractivity contribution is 7.07. The maximum Gasteiger partial charge on any atom is 0.267 e. The quantitative estimate of drug-likeness (QED) is 0.747. The minimum absolute atomic E-state index is 0.110. The third kappa shape index (κ3) is 3.08. The number of rotatable bonds is 5. The number of alkyl halides is 2. The van der Waals surface area contributed by atoms with Crippen LogP contribution < -0.4 is 0 Å². The Hall–Kier alpha value is -0.390. The number of hydrogen-bond donors (Lipinski definition) is 0. The van der Waals surface area contributed by atoms with E-state index in [-0.39, 0.29) is 5.91 Å². The minimum atomic E-state index is -0.110. The van der Waals surface area contributed by atoms with Gasteiger partial charge in [-0.1, -0.05) is 4.49 Å². The van der Waals surface area contributed by atoms with E-state index in [0.29, 0.717) is 29.7 Å². The van der Waals surface area contributed by atoms with Crippen LogP contribution in [0.5, 0.6) is 0 Å². The highest BCUT2D eigenvalue weighted by Gasteiger charge is 2.16. The van der Waals surface area contributed by atoms with E-state index in [1.807, 2.05) is 0 Å². The van der Waals surface area contributed by atoms with E-state index in [1.165, 1.54) is 6.20 Å². The molecule has 1 aromatic heterocycles. The summed E-state index contributed by atoms with van der Waals surface area (Å²) in [5, 5.41) is 3.60. The van der Waals surface area contributed by atoms with Crippen molar-refractivity contribution in [3.63, 3.8) is 0 Å². The Morgan fingerprint density at radius 2 is 2.07 bits per heavy atom. The van der Waals surface area contributed by atoms with Crippen molar-refractivity contribution in [3.8, 4) is 0 Å². The molecule has 0 bridgehead atoms. The molecule has 0 aliphatic rings. The lowest BCUT2D eigenvalue weighted by atomic mass is 10.4. The lowest BCUT2D eigenvalue weighted by Gasteiger charge is -2.18. The molecule has 0 spiro atoms. The van der Waals surface area contributed by atoms with Crippen LogP contribution in [-0.2, 0) is 0 Å². The molecule has 0 unspecified atom stereocenters. The number of hydrogen-bond acceptors (Lipinski definition) is 4. The summed E-state index contributed by atoms with van der Waals surface area (Å²) < 4.78 is 3.62. The average molecular weight is 254 g/mol. The summed E-state index contributed by atoms with van der Waals surface area (Å²) in [5.74, 6) is 0.685. The Bertz CT molecular complexity index is 274. The highest BCUT2D eigenvalue weighted by atomic mass is 35.5. The fraction of sp³-hybridized carbons (Fsp3) is 0.571. The van der Waals surface area contributed by atoms with Gasteiger partial charge in [-0.05, 0) is 11.5 Å². The molecule has 4 nitrogen and oxygen atoms in total. The van der Waals surface area contributed by atoms with E-state index in [2.05, 4.69) is 9.59 Å². The highest BCUT2D eigenvalue weighted by Crippen LogP contribution is 2.07. The molecule has 7 heteroatoms. The first-order valence-electron chi connectivity index (χ1n) is 3.98. The standard InChI is InChI=1S/C7H9Cl2N3OS/c8-1-3-12(4-2-9)7(13)6-5-10-11-14-6/h5H,1-4H2. The van der Waals surface area contributed by atoms with E-state index in [0.717, 1.165) is 11.5 Å². The fourth-order valence-electron chi connectivity index (χ4n) is 0.936. The van der Waals surface area contributed by atoms with E-state index < -0.39 is 0 Å². The largest absolute Gasteiger partial charge is 0.335 e. The predicted octanol–water partition coefficient (Wildman–Crippen LogP) is 1.46. The zero-order valence-electron chi connectivity index (χ0n) is 7.32. The summed E-state index contributed by atoms with van der Waals surface area (Å²) in [6, 6.07) is 0. The van der Waals surface area contributed by atoms with Gasteiger partial charge in [-0.15, -0.1) is 28.3 Å². The van der Waals surface area contributed by atoms with Crippen molar-refractivity contribution in [2.45, 2.75) is 0 Å². The maximum absolute atomic E-state index is 11.7. The van der Waals surface area contributed by atoms with Gasteiger partial charge >= 0.3 is 0 Å². The monoisotopic (exact) mass is 253 g/mol. The second-order valence-electron chi connectivity index (χ2n) is 2.45. The molecule has 0 fully saturated rings. The van der Waals surface area contributed by atoms with Gasteiger partial charge in [-0.25, -0.2) is 0 Å². The molecule has 14 heavy (non-hydrogen) atoms. The van der Waals surface area contributed by atoms with Gasteiger partial charge in [0.15, 0.2) is 0 Å². The van der Waals surface area contributed by atoms with Gasteiger partial charge in [-0.3, -0.25) is 4.79 Å². The van der Waals surface area contributed by atoms with Gasteiger partial charge in [0, 0.05) is 24.8 Å². The second-order valence-corrected chi connectivity index (χ2v) is 3.99. The number of aromatic nitrogens is 2. The molecule has 0 atom stereocenters. The summed E-state index contributed by atoms with van der Waals surface area (Å²) in [7, 11) is 0. The van der Waals surface area contributed by atoms with E-state index in [4.69, 9.17) is 23.2 Å². The summed E-state index contributed by atoms with van der Waals surface area (Å²) >= 11 is 12.2. The van der Waals surface area contributed by atoms with Crippen molar-refractivity contribution in [3.05, 3.63) is 11.1 Å². The van der Waals surface area contributed by atoms with Crippen LogP contribution in [0.1, 0.15) is 9.67 Å². The topological polar surface area (TPSA) is 46.1 Å². The fourth-order valence-corrected chi connectivity index (χ4v) is 1.83. The first kappa shape index (κ1) is 11.7. The van der Waals surface area contributed by atoms with Crippen molar-refractivity contribution in [1.82, 2.24) is 14.5 Å². The summed E-state index contributed by atoms with van der Waals surface area (Å²) in [6.07, 6.45) is 1.45. The van der Waals surface area contributed by atoms with Gasteiger partial charge in [0.2, 0.25) is 0 Å². The van der Waals surface area contributed by atoms with Crippen LogP contribution in [0.4, 0.5) is 0 Å². The zero-order valence-corrected chi connectivity index (χ0v) is 9.65. The van der Waals surface area contributed by atoms with Gasteiger partial charge < -0.3 is 4.90 Å². The summed E-state index contributed by atoms with van der Waals surface area (Å²) in [5.41, 5.74) is 0. The Morgan fingerprint density at radius 3 is 2.50 bits per heavy atom. The molecule has 0 aromatic carbocycles. The van der Waals surface area contributed by atoms with Gasteiger partial charge in [0.1, 0.15) is 4.88 Å². The van der Waals surface area contributed by atoms with Crippen LogP contribution in [0.15, 0.2) is 6.20 Å². The van der Waals surface area contributed by atoms with Crippen molar-refractivity contribution in [2.24, 2.45) is 0 Å². The Balaban J connectivity index is 2.63. The molecule has 0 saturated heterocycles. The molecule has 1 aromatic rings. The van der Waals surface area contributed by atoms with Crippen LogP contribution >= 0.6 is 34.7 Å². The van der Waals surface area contributed by atoms with Gasteiger partial charge in [0.25, 0.3) is 5.91 Å². The first-order valence-corrected chi connectivity index (χ1v) is 5.82. The number of halogens is 2. The SMILES string of the molecule is O=C(c1cnns1)N(CCCl)CCCl. The molecule has 0 aliphatic heterocycles. The lowest BCUT2D eigenvalue weighted by Crippen LogP contribution is -2.33. The van der Waals surface area contributed by atoms with Crippen LogP contribution in [0, 0.1) is 0 Å². The molecule has 1 heterocycles. The van der Waals surface area contributed by atoms with E-state index >= 15 is 0 Å². The van der Waals surface area contributed by atoms with Crippen LogP contribution in [-0.4, -0.2) is 45.2 Å². The third-order valence-corrected chi connectivity index (χ3v) is 2.56. The molecule has 1 rings (SSSR count). The van der Waals surface area contributed by atoms with E-state index in [9.17, 15) is 4.79 Å². The van der Waals surface area contributed by atoms with Crippen molar-refractivity contribution in [2.75, 3.05) is 24.8 Å². The average Bonchev–Trinajstić information content (AvgIpc) is 2.69. The minimum Gasteiger partial charge on any atom is -0.335 e. The second kappa shape index (κ2) is 6.16. The van der Waals surface area contributed by atoms with Crippen molar-refractivity contribution in [1.29, 1.82) is 0 Å². The molecule has 0 saturated carbocycles. The third-order valence-electron chi connectivity index (χ3n) is 1.57. The lowest BCUT2D eigenvalue weighted by molar-refractivity contribution is 0.0779. The normalized spacial score (nSPS) is 10.1. The molecule has 0 aliphatic carbocycles. The van der Waals surface area contributed by atoms with Gasteiger partial charge in [-0.2, -0.15) is 0 Å². The predicted molar refractivity (Wildman–Crippen MR) is 57.3 cm³/mol. The molecule has 0 N–H and O–H groups in total.